The molecule has 0 bridgehead atoms. The monoisotopic (exact) mass is 297 g/mol. The summed E-state index contributed by atoms with van der Waals surface area (Å²) in [5.74, 6) is 1.09. The van der Waals surface area contributed by atoms with Crippen LogP contribution in [0.15, 0.2) is 10.7 Å². The number of nitrogens with one attached hydrogen (secondary N) is 1. The van der Waals surface area contributed by atoms with E-state index in [1.54, 1.807) is 13.0 Å². The van der Waals surface area contributed by atoms with Gasteiger partial charge in [0.25, 0.3) is 0 Å². The van der Waals surface area contributed by atoms with Gasteiger partial charge in [-0.05, 0) is 29.3 Å². The van der Waals surface area contributed by atoms with Crippen molar-refractivity contribution in [2.24, 2.45) is 0 Å². The van der Waals surface area contributed by atoms with E-state index in [0.29, 0.717) is 16.2 Å². The minimum Gasteiger partial charge on any atom is -0.370 e. The van der Waals surface area contributed by atoms with Gasteiger partial charge in [0.1, 0.15) is 16.2 Å². The molecule has 0 saturated heterocycles. The lowest BCUT2D eigenvalue weighted by molar-refractivity contribution is -0.134. The largest absolute Gasteiger partial charge is 0.389 e. The summed E-state index contributed by atoms with van der Waals surface area (Å²) in [7, 11) is 0. The van der Waals surface area contributed by atoms with Crippen LogP contribution in [0.25, 0.3) is 0 Å². The first-order chi connectivity index (χ1) is 7.37. The van der Waals surface area contributed by atoms with Crippen molar-refractivity contribution in [3.05, 3.63) is 16.5 Å². The fourth-order valence-electron chi connectivity index (χ4n) is 1.13. The number of halogens is 4. The fourth-order valence-corrected chi connectivity index (χ4v) is 1.60. The van der Waals surface area contributed by atoms with Crippen LogP contribution < -0.4 is 5.32 Å². The predicted molar refractivity (Wildman–Crippen MR) is 58.2 cm³/mol. The van der Waals surface area contributed by atoms with E-state index in [1.165, 1.54) is 0 Å². The van der Waals surface area contributed by atoms with Gasteiger partial charge in [0.2, 0.25) is 0 Å². The van der Waals surface area contributed by atoms with Crippen LogP contribution >= 0.6 is 15.9 Å². The van der Waals surface area contributed by atoms with Crippen molar-refractivity contribution in [2.75, 3.05) is 11.9 Å². The zero-order chi connectivity index (χ0) is 12.2. The van der Waals surface area contributed by atoms with Crippen LogP contribution in [0.4, 0.5) is 19.0 Å². The molecule has 1 rings (SSSR count). The van der Waals surface area contributed by atoms with Crippen molar-refractivity contribution >= 4 is 21.7 Å². The molecule has 3 nitrogen and oxygen atoms in total. The number of hydrogen-bond acceptors (Lipinski definition) is 3. The van der Waals surface area contributed by atoms with E-state index in [-0.39, 0.29) is 13.0 Å². The van der Waals surface area contributed by atoms with Crippen molar-refractivity contribution in [1.82, 2.24) is 9.97 Å². The Morgan fingerprint density at radius 3 is 2.62 bits per heavy atom. The summed E-state index contributed by atoms with van der Waals surface area (Å²) in [6.45, 7) is 1.95. The number of anilines is 1. The van der Waals surface area contributed by atoms with E-state index in [2.05, 4.69) is 31.2 Å². The number of aromatic nitrogens is 2. The third-order valence-corrected chi connectivity index (χ3v) is 2.16. The summed E-state index contributed by atoms with van der Waals surface area (Å²) in [6, 6.07) is 1.63. The molecule has 0 spiro atoms. The number of alkyl halides is 3. The van der Waals surface area contributed by atoms with Crippen LogP contribution in [-0.4, -0.2) is 22.7 Å². The summed E-state index contributed by atoms with van der Waals surface area (Å²) in [5.41, 5.74) is 0. The SMILES string of the molecule is Cc1nc(Br)cc(NCCCC(F)(F)F)n1. The predicted octanol–water partition coefficient (Wildman–Crippen LogP) is 3.30. The van der Waals surface area contributed by atoms with Gasteiger partial charge in [-0.1, -0.05) is 0 Å². The molecule has 0 atom stereocenters. The second-order valence-electron chi connectivity index (χ2n) is 3.27. The van der Waals surface area contributed by atoms with E-state index < -0.39 is 12.6 Å². The Morgan fingerprint density at radius 2 is 2.06 bits per heavy atom. The van der Waals surface area contributed by atoms with Crippen molar-refractivity contribution in [1.29, 1.82) is 0 Å². The molecule has 0 aromatic carbocycles. The Kier molecular flexibility index (Phi) is 4.52. The van der Waals surface area contributed by atoms with Crippen LogP contribution in [0.3, 0.4) is 0 Å². The highest BCUT2D eigenvalue weighted by Crippen LogP contribution is 2.21. The van der Waals surface area contributed by atoms with Crippen LogP contribution in [0.2, 0.25) is 0 Å². The highest BCUT2D eigenvalue weighted by molar-refractivity contribution is 9.10. The Hall–Kier alpha value is -0.850. The van der Waals surface area contributed by atoms with Crippen molar-refractivity contribution in [2.45, 2.75) is 25.9 Å². The first kappa shape index (κ1) is 13.2. The van der Waals surface area contributed by atoms with Gasteiger partial charge in [-0.2, -0.15) is 13.2 Å². The highest BCUT2D eigenvalue weighted by Gasteiger charge is 2.25. The van der Waals surface area contributed by atoms with Gasteiger partial charge < -0.3 is 5.32 Å². The molecular weight excluding hydrogens is 287 g/mol. The average molecular weight is 298 g/mol. The molecule has 1 aromatic rings. The number of aryl methyl sites for hydroxylation is 1. The normalized spacial score (nSPS) is 11.6. The molecule has 0 saturated carbocycles. The Labute approximate surface area is 99.6 Å². The van der Waals surface area contributed by atoms with Gasteiger partial charge in [0.15, 0.2) is 0 Å². The van der Waals surface area contributed by atoms with Crippen molar-refractivity contribution < 1.29 is 13.2 Å². The van der Waals surface area contributed by atoms with Gasteiger partial charge >= 0.3 is 6.18 Å². The van der Waals surface area contributed by atoms with Crippen molar-refractivity contribution in [3.8, 4) is 0 Å². The van der Waals surface area contributed by atoms with Crippen molar-refractivity contribution in [3.63, 3.8) is 0 Å². The molecule has 7 heteroatoms. The van der Waals surface area contributed by atoms with E-state index >= 15 is 0 Å². The zero-order valence-corrected chi connectivity index (χ0v) is 10.2. The molecule has 1 N–H and O–H groups in total. The Morgan fingerprint density at radius 1 is 1.38 bits per heavy atom. The third-order valence-electron chi connectivity index (χ3n) is 1.75. The smallest absolute Gasteiger partial charge is 0.370 e. The van der Waals surface area contributed by atoms with E-state index in [4.69, 9.17) is 0 Å². The maximum absolute atomic E-state index is 11.8. The van der Waals surface area contributed by atoms with E-state index in [9.17, 15) is 13.2 Å². The van der Waals surface area contributed by atoms with Crippen LogP contribution in [-0.2, 0) is 0 Å². The van der Waals surface area contributed by atoms with E-state index in [0.717, 1.165) is 0 Å². The number of rotatable bonds is 4. The van der Waals surface area contributed by atoms with Gasteiger partial charge in [-0.15, -0.1) is 0 Å². The zero-order valence-electron chi connectivity index (χ0n) is 8.60. The molecule has 0 aliphatic rings. The standard InChI is InChI=1S/C9H11BrF3N3/c1-6-15-7(10)5-8(16-6)14-4-2-3-9(11,12)13/h5H,2-4H2,1H3,(H,14,15,16). The third kappa shape index (κ3) is 5.29. The summed E-state index contributed by atoms with van der Waals surface area (Å²) in [4.78, 5) is 8.02. The molecule has 0 aliphatic heterocycles. The highest BCUT2D eigenvalue weighted by atomic mass is 79.9. The molecule has 1 heterocycles. The Bertz CT molecular complexity index is 334. The van der Waals surface area contributed by atoms with E-state index in [1.807, 2.05) is 0 Å². The van der Waals surface area contributed by atoms with Gasteiger partial charge in [-0.3, -0.25) is 0 Å². The topological polar surface area (TPSA) is 37.8 Å². The summed E-state index contributed by atoms with van der Waals surface area (Å²) in [6.07, 6.45) is -4.85. The molecule has 0 radical (unpaired) electrons. The Balaban J connectivity index is 2.37. The van der Waals surface area contributed by atoms with Crippen LogP contribution in [0.1, 0.15) is 18.7 Å². The summed E-state index contributed by atoms with van der Waals surface area (Å²) in [5, 5.41) is 2.82. The lowest BCUT2D eigenvalue weighted by Crippen LogP contribution is -2.11. The quantitative estimate of drug-likeness (QED) is 0.684. The number of nitrogens with zero attached hydrogens (tertiary/aromatic N) is 2. The van der Waals surface area contributed by atoms with Crippen LogP contribution in [0.5, 0.6) is 0 Å². The molecule has 0 unspecified atom stereocenters. The maximum Gasteiger partial charge on any atom is 0.389 e. The molecule has 0 amide bonds. The summed E-state index contributed by atoms with van der Waals surface area (Å²) < 4.78 is 36.2. The lowest BCUT2D eigenvalue weighted by atomic mass is 10.3. The molecular formula is C9H11BrF3N3. The number of hydrogen-bond donors (Lipinski definition) is 1. The molecule has 90 valence electrons. The second kappa shape index (κ2) is 5.47. The van der Waals surface area contributed by atoms with Gasteiger partial charge in [0, 0.05) is 19.0 Å². The second-order valence-corrected chi connectivity index (χ2v) is 4.08. The van der Waals surface area contributed by atoms with Crippen LogP contribution in [0, 0.1) is 6.92 Å². The molecule has 0 fully saturated rings. The van der Waals surface area contributed by atoms with Gasteiger partial charge in [0.05, 0.1) is 0 Å². The first-order valence-electron chi connectivity index (χ1n) is 4.68. The van der Waals surface area contributed by atoms with Gasteiger partial charge in [-0.25, -0.2) is 9.97 Å². The fraction of sp³-hybridized carbons (Fsp3) is 0.556. The lowest BCUT2D eigenvalue weighted by Gasteiger charge is -2.08. The summed E-state index contributed by atoms with van der Waals surface area (Å²) >= 11 is 3.18. The molecule has 0 aliphatic carbocycles. The average Bonchev–Trinajstić information content (AvgIpc) is 2.09. The minimum absolute atomic E-state index is 0.0319. The molecule has 16 heavy (non-hydrogen) atoms. The maximum atomic E-state index is 11.8. The minimum atomic E-state index is -4.09. The first-order valence-corrected chi connectivity index (χ1v) is 5.48. The molecule has 1 aromatic heterocycles.